The van der Waals surface area contributed by atoms with Crippen LogP contribution in [0.15, 0.2) is 36.4 Å². The van der Waals surface area contributed by atoms with Crippen molar-refractivity contribution in [3.05, 3.63) is 47.8 Å². The number of imide groups is 1. The summed E-state index contributed by atoms with van der Waals surface area (Å²) in [6, 6.07) is 4.37. The molecule has 0 bridgehead atoms. The van der Waals surface area contributed by atoms with Crippen LogP contribution in [0.4, 0.5) is 4.39 Å². The molecule has 0 unspecified atom stereocenters. The number of benzene rings is 1. The highest BCUT2D eigenvalue weighted by Gasteiger charge is 2.18. The van der Waals surface area contributed by atoms with Gasteiger partial charge in [-0.2, -0.15) is 0 Å². The van der Waals surface area contributed by atoms with E-state index in [9.17, 15) is 14.0 Å². The molecular weight excluding hydrogens is 261 g/mol. The molecule has 0 atom stereocenters. The van der Waals surface area contributed by atoms with Crippen molar-refractivity contribution < 1.29 is 18.7 Å². The molecule has 0 spiro atoms. The van der Waals surface area contributed by atoms with E-state index in [0.29, 0.717) is 18.5 Å². The van der Waals surface area contributed by atoms with Crippen molar-refractivity contribution in [2.45, 2.75) is 6.42 Å². The Morgan fingerprint density at radius 2 is 2.25 bits per heavy atom. The standard InChI is InChI=1S/C15H14FNO3/c1-20-13-7-5-11(10-12(13)16)6-8-15(19)17-9-3-2-4-14(17)18/h2,4-8,10H,3,9H2,1H3/b8-6+. The molecule has 2 rings (SSSR count). The molecule has 5 heteroatoms. The lowest BCUT2D eigenvalue weighted by Crippen LogP contribution is -2.37. The van der Waals surface area contributed by atoms with Crippen LogP contribution >= 0.6 is 0 Å². The lowest BCUT2D eigenvalue weighted by molar-refractivity contribution is -0.139. The Hall–Kier alpha value is -2.43. The summed E-state index contributed by atoms with van der Waals surface area (Å²) >= 11 is 0. The van der Waals surface area contributed by atoms with Crippen LogP contribution in [-0.4, -0.2) is 30.4 Å². The third kappa shape index (κ3) is 3.12. The second-order valence-corrected chi connectivity index (χ2v) is 4.25. The third-order valence-corrected chi connectivity index (χ3v) is 2.91. The maximum Gasteiger partial charge on any atom is 0.253 e. The molecule has 0 aromatic heterocycles. The molecule has 0 radical (unpaired) electrons. The summed E-state index contributed by atoms with van der Waals surface area (Å²) in [5.74, 6) is -1.09. The SMILES string of the molecule is COc1ccc(/C=C/C(=O)N2CCC=CC2=O)cc1F. The number of ether oxygens (including phenoxy) is 1. The summed E-state index contributed by atoms with van der Waals surface area (Å²) in [6.07, 6.45) is 6.49. The number of hydrogen-bond donors (Lipinski definition) is 0. The average Bonchev–Trinajstić information content (AvgIpc) is 2.45. The van der Waals surface area contributed by atoms with Crippen molar-refractivity contribution in [3.63, 3.8) is 0 Å². The van der Waals surface area contributed by atoms with E-state index in [1.54, 1.807) is 12.1 Å². The monoisotopic (exact) mass is 275 g/mol. The minimum Gasteiger partial charge on any atom is -0.494 e. The molecule has 0 saturated carbocycles. The lowest BCUT2D eigenvalue weighted by Gasteiger charge is -2.19. The summed E-state index contributed by atoms with van der Waals surface area (Å²) in [6.45, 7) is 0.371. The third-order valence-electron chi connectivity index (χ3n) is 2.91. The quantitative estimate of drug-likeness (QED) is 0.794. The van der Waals surface area contributed by atoms with Gasteiger partial charge in [0.25, 0.3) is 11.8 Å². The number of carbonyl (C=O) groups is 2. The molecule has 1 aromatic rings. The maximum atomic E-state index is 13.5. The van der Waals surface area contributed by atoms with Crippen molar-refractivity contribution in [2.24, 2.45) is 0 Å². The molecule has 2 amide bonds. The minimum atomic E-state index is -0.501. The first-order valence-corrected chi connectivity index (χ1v) is 6.15. The Labute approximate surface area is 116 Å². The van der Waals surface area contributed by atoms with E-state index in [2.05, 4.69) is 0 Å². The fourth-order valence-corrected chi connectivity index (χ4v) is 1.85. The highest BCUT2D eigenvalue weighted by molar-refractivity contribution is 6.06. The van der Waals surface area contributed by atoms with Crippen molar-refractivity contribution >= 4 is 17.9 Å². The van der Waals surface area contributed by atoms with Crippen LogP contribution in [-0.2, 0) is 9.59 Å². The average molecular weight is 275 g/mol. The molecule has 1 aliphatic rings. The molecule has 0 aliphatic carbocycles. The van der Waals surface area contributed by atoms with Gasteiger partial charge >= 0.3 is 0 Å². The molecule has 104 valence electrons. The van der Waals surface area contributed by atoms with Crippen LogP contribution in [0.3, 0.4) is 0 Å². The minimum absolute atomic E-state index is 0.143. The van der Waals surface area contributed by atoms with Crippen LogP contribution in [0.5, 0.6) is 5.75 Å². The summed E-state index contributed by atoms with van der Waals surface area (Å²) in [7, 11) is 1.38. The fraction of sp³-hybridized carbons (Fsp3) is 0.200. The molecule has 0 saturated heterocycles. The number of methoxy groups -OCH3 is 1. The van der Waals surface area contributed by atoms with Gasteiger partial charge in [0.2, 0.25) is 0 Å². The number of rotatable bonds is 3. The van der Waals surface area contributed by atoms with Crippen LogP contribution in [0.1, 0.15) is 12.0 Å². The Bertz CT molecular complexity index is 593. The van der Waals surface area contributed by atoms with E-state index < -0.39 is 11.7 Å². The summed E-state index contributed by atoms with van der Waals surface area (Å²) in [5.41, 5.74) is 0.525. The van der Waals surface area contributed by atoms with Gasteiger partial charge in [0.1, 0.15) is 0 Å². The Balaban J connectivity index is 2.09. The van der Waals surface area contributed by atoms with Crippen LogP contribution in [0.25, 0.3) is 6.08 Å². The number of halogens is 1. The maximum absolute atomic E-state index is 13.5. The summed E-state index contributed by atoms with van der Waals surface area (Å²) in [4.78, 5) is 24.5. The summed E-state index contributed by atoms with van der Waals surface area (Å²) in [5, 5.41) is 0. The van der Waals surface area contributed by atoms with E-state index in [1.807, 2.05) is 0 Å². The first-order valence-electron chi connectivity index (χ1n) is 6.15. The van der Waals surface area contributed by atoms with Crippen LogP contribution in [0, 0.1) is 5.82 Å². The van der Waals surface area contributed by atoms with Gasteiger partial charge in [0.05, 0.1) is 7.11 Å². The predicted octanol–water partition coefficient (Wildman–Crippen LogP) is 2.16. The zero-order chi connectivity index (χ0) is 14.5. The molecule has 20 heavy (non-hydrogen) atoms. The van der Waals surface area contributed by atoms with E-state index in [-0.39, 0.29) is 11.7 Å². The Kier molecular flexibility index (Phi) is 4.30. The normalized spacial score (nSPS) is 14.9. The topological polar surface area (TPSA) is 46.6 Å². The second kappa shape index (κ2) is 6.14. The zero-order valence-corrected chi connectivity index (χ0v) is 11.0. The van der Waals surface area contributed by atoms with Gasteiger partial charge in [-0.3, -0.25) is 14.5 Å². The van der Waals surface area contributed by atoms with Crippen molar-refractivity contribution in [1.82, 2.24) is 4.90 Å². The van der Waals surface area contributed by atoms with Crippen molar-refractivity contribution in [3.8, 4) is 5.75 Å². The Morgan fingerprint density at radius 1 is 1.45 bits per heavy atom. The van der Waals surface area contributed by atoms with Gasteiger partial charge in [0, 0.05) is 12.6 Å². The molecule has 4 nitrogen and oxygen atoms in total. The van der Waals surface area contributed by atoms with E-state index in [4.69, 9.17) is 4.74 Å². The van der Waals surface area contributed by atoms with Gasteiger partial charge in [-0.25, -0.2) is 4.39 Å². The number of nitrogens with zero attached hydrogens (tertiary/aromatic N) is 1. The second-order valence-electron chi connectivity index (χ2n) is 4.25. The number of amides is 2. The first kappa shape index (κ1) is 14.0. The molecule has 0 N–H and O–H groups in total. The highest BCUT2D eigenvalue weighted by atomic mass is 19.1. The zero-order valence-electron chi connectivity index (χ0n) is 11.0. The predicted molar refractivity (Wildman–Crippen MR) is 72.5 cm³/mol. The van der Waals surface area contributed by atoms with Gasteiger partial charge < -0.3 is 4.74 Å². The van der Waals surface area contributed by atoms with Gasteiger partial charge in [-0.15, -0.1) is 0 Å². The van der Waals surface area contributed by atoms with Gasteiger partial charge in [0.15, 0.2) is 11.6 Å². The highest BCUT2D eigenvalue weighted by Crippen LogP contribution is 2.18. The van der Waals surface area contributed by atoms with Gasteiger partial charge in [-0.1, -0.05) is 12.1 Å². The first-order chi connectivity index (χ1) is 9.61. The lowest BCUT2D eigenvalue weighted by atomic mass is 10.2. The number of carbonyl (C=O) groups excluding carboxylic acids is 2. The molecule has 1 aromatic carbocycles. The largest absolute Gasteiger partial charge is 0.494 e. The number of hydrogen-bond acceptors (Lipinski definition) is 3. The summed E-state index contributed by atoms with van der Waals surface area (Å²) < 4.78 is 18.3. The smallest absolute Gasteiger partial charge is 0.253 e. The van der Waals surface area contributed by atoms with Gasteiger partial charge in [-0.05, 0) is 36.3 Å². The fourth-order valence-electron chi connectivity index (χ4n) is 1.85. The Morgan fingerprint density at radius 3 is 2.90 bits per heavy atom. The van der Waals surface area contributed by atoms with E-state index in [0.717, 1.165) is 4.90 Å². The van der Waals surface area contributed by atoms with Crippen molar-refractivity contribution in [2.75, 3.05) is 13.7 Å². The molecule has 1 aliphatic heterocycles. The molecular formula is C15H14FNO3. The van der Waals surface area contributed by atoms with Crippen LogP contribution < -0.4 is 4.74 Å². The van der Waals surface area contributed by atoms with E-state index >= 15 is 0 Å². The molecule has 0 fully saturated rings. The van der Waals surface area contributed by atoms with Crippen molar-refractivity contribution in [1.29, 1.82) is 0 Å². The van der Waals surface area contributed by atoms with Crippen LogP contribution in [0.2, 0.25) is 0 Å². The van der Waals surface area contributed by atoms with E-state index in [1.165, 1.54) is 37.5 Å². The molecule has 1 heterocycles.